The highest BCUT2D eigenvalue weighted by Gasteiger charge is 2.21. The quantitative estimate of drug-likeness (QED) is 0.715. The number of hydrogen-bond donors (Lipinski definition) is 1. The fraction of sp³-hybridized carbons (Fsp3) is 0.300. The van der Waals surface area contributed by atoms with Gasteiger partial charge >= 0.3 is 0 Å². The molecule has 26 heavy (non-hydrogen) atoms. The van der Waals surface area contributed by atoms with Crippen molar-refractivity contribution in [3.05, 3.63) is 41.7 Å². The third-order valence-corrected chi connectivity index (χ3v) is 4.80. The number of rotatable bonds is 2. The van der Waals surface area contributed by atoms with Crippen LogP contribution in [0.2, 0.25) is 0 Å². The maximum atomic E-state index is 14.7. The van der Waals surface area contributed by atoms with E-state index in [0.29, 0.717) is 37.5 Å². The molecule has 2 aromatic carbocycles. The molecule has 0 unspecified atom stereocenters. The fourth-order valence-electron chi connectivity index (χ4n) is 3.53. The lowest BCUT2D eigenvalue weighted by atomic mass is 10.0. The number of pyridine rings is 1. The first-order chi connectivity index (χ1) is 12.6. The van der Waals surface area contributed by atoms with E-state index in [2.05, 4.69) is 10.2 Å². The van der Waals surface area contributed by atoms with E-state index >= 15 is 0 Å². The number of aromatic nitrogens is 1. The van der Waals surface area contributed by atoms with E-state index in [9.17, 15) is 9.18 Å². The predicted octanol–water partition coefficient (Wildman–Crippen LogP) is 3.63. The monoisotopic (exact) mass is 353 g/mol. The van der Waals surface area contributed by atoms with Gasteiger partial charge in [-0.25, -0.2) is 9.37 Å². The lowest BCUT2D eigenvalue weighted by Crippen LogP contribution is -2.37. The van der Waals surface area contributed by atoms with E-state index in [0.717, 1.165) is 27.5 Å². The number of morpholine rings is 1. The topological polar surface area (TPSA) is 54.5 Å². The van der Waals surface area contributed by atoms with Gasteiger partial charge in [0.05, 0.1) is 24.1 Å². The molecule has 1 fully saturated rings. The second-order valence-corrected chi connectivity index (χ2v) is 6.51. The van der Waals surface area contributed by atoms with E-state index in [1.165, 1.54) is 13.0 Å². The summed E-state index contributed by atoms with van der Waals surface area (Å²) in [5.41, 5.74) is 2.37. The van der Waals surface area contributed by atoms with E-state index in [1.54, 1.807) is 6.07 Å². The third-order valence-electron chi connectivity index (χ3n) is 4.80. The summed E-state index contributed by atoms with van der Waals surface area (Å²) in [6.45, 7) is 5.95. The number of halogens is 1. The molecule has 0 saturated carbocycles. The summed E-state index contributed by atoms with van der Waals surface area (Å²) in [7, 11) is 0. The van der Waals surface area contributed by atoms with Crippen molar-refractivity contribution in [3.8, 4) is 0 Å². The molecule has 2 heterocycles. The van der Waals surface area contributed by atoms with Gasteiger partial charge in [0.25, 0.3) is 0 Å². The standard InChI is InChI=1S/C20H20FN3O2/c1-12-17(22-13(2)25)7-6-15-14-4-3-5-16(21)18(14)20(23-19(12)15)24-8-10-26-11-9-24/h3-7H,8-11H2,1-2H3,(H,22,25). The first-order valence-electron chi connectivity index (χ1n) is 8.68. The summed E-state index contributed by atoms with van der Waals surface area (Å²) in [6, 6.07) is 8.85. The fourth-order valence-corrected chi connectivity index (χ4v) is 3.53. The molecule has 0 radical (unpaired) electrons. The SMILES string of the molecule is CC(=O)Nc1ccc2c(nc(N3CCOCC3)c3c(F)cccc32)c1C. The molecule has 0 spiro atoms. The lowest BCUT2D eigenvalue weighted by molar-refractivity contribution is -0.114. The molecule has 6 heteroatoms. The van der Waals surface area contributed by atoms with Crippen LogP contribution >= 0.6 is 0 Å². The Hall–Kier alpha value is -2.73. The highest BCUT2D eigenvalue weighted by atomic mass is 19.1. The molecule has 1 aromatic heterocycles. The number of ether oxygens (including phenoxy) is 1. The van der Waals surface area contributed by atoms with Crippen molar-refractivity contribution in [1.29, 1.82) is 0 Å². The van der Waals surface area contributed by atoms with Crippen molar-refractivity contribution in [2.24, 2.45) is 0 Å². The van der Waals surface area contributed by atoms with E-state index in [1.807, 2.05) is 25.1 Å². The van der Waals surface area contributed by atoms with Crippen LogP contribution in [0.1, 0.15) is 12.5 Å². The number of nitrogens with zero attached hydrogens (tertiary/aromatic N) is 2. The van der Waals surface area contributed by atoms with Gasteiger partial charge in [0.2, 0.25) is 5.91 Å². The Kier molecular flexibility index (Phi) is 4.20. The van der Waals surface area contributed by atoms with Crippen molar-refractivity contribution in [1.82, 2.24) is 4.98 Å². The van der Waals surface area contributed by atoms with Crippen molar-refractivity contribution < 1.29 is 13.9 Å². The maximum absolute atomic E-state index is 14.7. The molecule has 1 amide bonds. The van der Waals surface area contributed by atoms with E-state index in [4.69, 9.17) is 9.72 Å². The number of hydrogen-bond acceptors (Lipinski definition) is 4. The van der Waals surface area contributed by atoms with E-state index < -0.39 is 0 Å². The first-order valence-corrected chi connectivity index (χ1v) is 8.68. The zero-order chi connectivity index (χ0) is 18.3. The molecule has 1 aliphatic rings. The molecule has 1 N–H and O–H groups in total. The van der Waals surface area contributed by atoms with Crippen LogP contribution in [0.4, 0.5) is 15.9 Å². The Labute approximate surface area is 150 Å². The minimum Gasteiger partial charge on any atom is -0.378 e. The average molecular weight is 353 g/mol. The molecule has 1 aliphatic heterocycles. The normalized spacial score (nSPS) is 14.8. The summed E-state index contributed by atoms with van der Waals surface area (Å²) in [6.07, 6.45) is 0. The van der Waals surface area contributed by atoms with Crippen LogP contribution in [0, 0.1) is 12.7 Å². The van der Waals surface area contributed by atoms with Gasteiger partial charge in [0.1, 0.15) is 11.6 Å². The van der Waals surface area contributed by atoms with Crippen LogP contribution in [0.25, 0.3) is 21.7 Å². The molecular formula is C20H20FN3O2. The Balaban J connectivity index is 2.03. The number of fused-ring (bicyclic) bond motifs is 3. The molecule has 4 rings (SSSR count). The summed E-state index contributed by atoms with van der Waals surface area (Å²) in [5.74, 6) is 0.228. The van der Waals surface area contributed by atoms with Crippen LogP contribution in [-0.2, 0) is 9.53 Å². The largest absolute Gasteiger partial charge is 0.378 e. The van der Waals surface area contributed by atoms with Crippen LogP contribution in [0.15, 0.2) is 30.3 Å². The van der Waals surface area contributed by atoms with Crippen molar-refractivity contribution in [2.45, 2.75) is 13.8 Å². The molecule has 1 saturated heterocycles. The Morgan fingerprint density at radius 3 is 2.69 bits per heavy atom. The van der Waals surface area contributed by atoms with Gasteiger partial charge in [-0.15, -0.1) is 0 Å². The molecular weight excluding hydrogens is 333 g/mol. The van der Waals surface area contributed by atoms with Crippen molar-refractivity contribution >= 4 is 39.1 Å². The smallest absolute Gasteiger partial charge is 0.221 e. The summed E-state index contributed by atoms with van der Waals surface area (Å²) >= 11 is 0. The molecule has 134 valence electrons. The predicted molar refractivity (Wildman–Crippen MR) is 101 cm³/mol. The second kappa shape index (κ2) is 6.53. The van der Waals surface area contributed by atoms with Gasteiger partial charge in [-0.2, -0.15) is 0 Å². The zero-order valence-electron chi connectivity index (χ0n) is 14.8. The first kappa shape index (κ1) is 16.7. The molecule has 5 nitrogen and oxygen atoms in total. The van der Waals surface area contributed by atoms with Crippen LogP contribution in [0.5, 0.6) is 0 Å². The molecule has 0 aliphatic carbocycles. The number of carbonyl (C=O) groups excluding carboxylic acids is 1. The van der Waals surface area contributed by atoms with Gasteiger partial charge < -0.3 is 15.0 Å². The van der Waals surface area contributed by atoms with Gasteiger partial charge in [-0.05, 0) is 30.0 Å². The number of carbonyl (C=O) groups is 1. The summed E-state index contributed by atoms with van der Waals surface area (Å²) in [4.78, 5) is 18.4. The molecule has 0 atom stereocenters. The Morgan fingerprint density at radius 1 is 1.19 bits per heavy atom. The van der Waals surface area contributed by atoms with Crippen LogP contribution in [0.3, 0.4) is 0 Å². The summed E-state index contributed by atoms with van der Waals surface area (Å²) in [5, 5.41) is 5.08. The van der Waals surface area contributed by atoms with Crippen LogP contribution < -0.4 is 10.2 Å². The molecule has 3 aromatic rings. The third kappa shape index (κ3) is 2.76. The maximum Gasteiger partial charge on any atom is 0.221 e. The Morgan fingerprint density at radius 2 is 1.96 bits per heavy atom. The number of nitrogens with one attached hydrogen (secondary N) is 1. The van der Waals surface area contributed by atoms with Gasteiger partial charge in [0, 0.05) is 31.1 Å². The summed E-state index contributed by atoms with van der Waals surface area (Å²) < 4.78 is 20.2. The second-order valence-electron chi connectivity index (χ2n) is 6.51. The van der Waals surface area contributed by atoms with Crippen molar-refractivity contribution in [3.63, 3.8) is 0 Å². The van der Waals surface area contributed by atoms with Crippen molar-refractivity contribution in [2.75, 3.05) is 36.5 Å². The van der Waals surface area contributed by atoms with Gasteiger partial charge in [-0.3, -0.25) is 4.79 Å². The molecule has 0 bridgehead atoms. The van der Waals surface area contributed by atoms with Gasteiger partial charge in [0.15, 0.2) is 0 Å². The van der Waals surface area contributed by atoms with Crippen LogP contribution in [-0.4, -0.2) is 37.2 Å². The lowest BCUT2D eigenvalue weighted by Gasteiger charge is -2.29. The Bertz CT molecular complexity index is 1010. The highest BCUT2D eigenvalue weighted by Crippen LogP contribution is 2.36. The minimum absolute atomic E-state index is 0.132. The number of amides is 1. The zero-order valence-corrected chi connectivity index (χ0v) is 14.8. The number of anilines is 2. The minimum atomic E-state index is -0.276. The number of benzene rings is 2. The van der Waals surface area contributed by atoms with Gasteiger partial charge in [-0.1, -0.05) is 18.2 Å². The van der Waals surface area contributed by atoms with E-state index in [-0.39, 0.29) is 11.7 Å². The number of aryl methyl sites for hydroxylation is 1. The average Bonchev–Trinajstić information content (AvgIpc) is 2.64. The highest BCUT2D eigenvalue weighted by molar-refractivity contribution is 6.12.